The summed E-state index contributed by atoms with van der Waals surface area (Å²) in [7, 11) is 0. The quantitative estimate of drug-likeness (QED) is 0.883. The summed E-state index contributed by atoms with van der Waals surface area (Å²) in [4.78, 5) is 30.1. The Morgan fingerprint density at radius 3 is 2.75 bits per heavy atom. The van der Waals surface area contributed by atoms with E-state index in [1.165, 1.54) is 11.8 Å². The molecule has 0 saturated carbocycles. The van der Waals surface area contributed by atoms with Gasteiger partial charge in [0.15, 0.2) is 0 Å². The number of nitrogens with one attached hydrogen (secondary N) is 1. The lowest BCUT2D eigenvalue weighted by atomic mass is 10.1. The largest absolute Gasteiger partial charge is 0.480 e. The van der Waals surface area contributed by atoms with Crippen molar-refractivity contribution in [2.45, 2.75) is 24.9 Å². The second-order valence-corrected chi connectivity index (χ2v) is 5.97. The van der Waals surface area contributed by atoms with Crippen LogP contribution in [0.1, 0.15) is 19.5 Å². The first-order valence-electron chi connectivity index (χ1n) is 6.31. The van der Waals surface area contributed by atoms with Crippen LogP contribution in [0.4, 0.5) is 0 Å². The van der Waals surface area contributed by atoms with Crippen molar-refractivity contribution in [1.82, 2.24) is 9.97 Å². The molecule has 0 radical (unpaired) electrons. The van der Waals surface area contributed by atoms with E-state index in [-0.39, 0.29) is 17.2 Å². The van der Waals surface area contributed by atoms with Gasteiger partial charge in [-0.2, -0.15) is 0 Å². The highest BCUT2D eigenvalue weighted by Crippen LogP contribution is 2.22. The van der Waals surface area contributed by atoms with Gasteiger partial charge < -0.3 is 10.1 Å². The smallest absolute Gasteiger partial charge is 0.316 e. The third-order valence-electron chi connectivity index (χ3n) is 2.92. The van der Waals surface area contributed by atoms with Crippen LogP contribution in [0.15, 0.2) is 29.1 Å². The lowest BCUT2D eigenvalue weighted by molar-refractivity contribution is -0.137. The topological polar surface area (TPSA) is 83.0 Å². The summed E-state index contributed by atoms with van der Waals surface area (Å²) in [6.45, 7) is 3.70. The maximum Gasteiger partial charge on any atom is 0.316 e. The molecule has 0 saturated heterocycles. The molecule has 1 aromatic heterocycles. The number of fused-ring (bicyclic) bond motifs is 1. The van der Waals surface area contributed by atoms with Gasteiger partial charge in [-0.05, 0) is 18.1 Å². The van der Waals surface area contributed by atoms with Gasteiger partial charge in [-0.3, -0.25) is 9.59 Å². The van der Waals surface area contributed by atoms with Crippen molar-refractivity contribution in [3.8, 4) is 0 Å². The monoisotopic (exact) mass is 292 g/mol. The number of H-pyrrole nitrogens is 1. The predicted molar refractivity (Wildman–Crippen MR) is 79.9 cm³/mol. The number of aliphatic carboxylic acids is 1. The van der Waals surface area contributed by atoms with E-state index in [4.69, 9.17) is 5.11 Å². The minimum absolute atomic E-state index is 0.00274. The van der Waals surface area contributed by atoms with E-state index in [2.05, 4.69) is 9.97 Å². The first-order valence-corrected chi connectivity index (χ1v) is 7.36. The molecule has 0 amide bonds. The fourth-order valence-corrected chi connectivity index (χ4v) is 2.94. The summed E-state index contributed by atoms with van der Waals surface area (Å²) >= 11 is 1.23. The minimum Gasteiger partial charge on any atom is -0.480 e. The van der Waals surface area contributed by atoms with Crippen LogP contribution < -0.4 is 5.56 Å². The number of rotatable bonds is 5. The Hall–Kier alpha value is -1.82. The van der Waals surface area contributed by atoms with Crippen LogP contribution in [0, 0.1) is 5.92 Å². The molecule has 106 valence electrons. The fourth-order valence-electron chi connectivity index (χ4n) is 1.88. The number of hydrogen-bond donors (Lipinski definition) is 2. The average Bonchev–Trinajstić information content (AvgIpc) is 2.38. The van der Waals surface area contributed by atoms with E-state index in [9.17, 15) is 9.59 Å². The van der Waals surface area contributed by atoms with Gasteiger partial charge in [-0.1, -0.05) is 26.0 Å². The highest BCUT2D eigenvalue weighted by molar-refractivity contribution is 7.99. The maximum absolute atomic E-state index is 11.9. The zero-order chi connectivity index (χ0) is 14.7. The van der Waals surface area contributed by atoms with Gasteiger partial charge in [0.25, 0.3) is 5.56 Å². The lowest BCUT2D eigenvalue weighted by Crippen LogP contribution is -2.24. The molecule has 1 atom stereocenters. The van der Waals surface area contributed by atoms with Crippen molar-refractivity contribution in [3.05, 3.63) is 40.3 Å². The van der Waals surface area contributed by atoms with Crippen LogP contribution in [-0.4, -0.2) is 26.3 Å². The summed E-state index contributed by atoms with van der Waals surface area (Å²) in [5.74, 6) is -0.575. The highest BCUT2D eigenvalue weighted by atomic mass is 32.2. The molecule has 6 heteroatoms. The fraction of sp³-hybridized carbons (Fsp3) is 0.357. The standard InChI is InChI=1S/C14H16N2O3S/c1-8(2)12(14(18)19)20-7-11-13(17)16-10-6-4-3-5-9(10)15-11/h3-6,8,12H,7H2,1-2H3,(H,16,17)(H,18,19). The van der Waals surface area contributed by atoms with E-state index < -0.39 is 11.2 Å². The van der Waals surface area contributed by atoms with Crippen molar-refractivity contribution >= 4 is 28.8 Å². The molecule has 0 aliphatic heterocycles. The summed E-state index contributed by atoms with van der Waals surface area (Å²) in [5, 5.41) is 8.60. The number of para-hydroxylation sites is 2. The second kappa shape index (κ2) is 6.09. The molecule has 1 aromatic carbocycles. The molecular weight excluding hydrogens is 276 g/mol. The summed E-state index contributed by atoms with van der Waals surface area (Å²) in [5.41, 5.74) is 1.49. The Bertz CT molecular complexity index is 681. The number of aromatic amines is 1. The molecule has 2 rings (SSSR count). The number of aromatic nitrogens is 2. The van der Waals surface area contributed by atoms with Gasteiger partial charge in [-0.15, -0.1) is 11.8 Å². The Morgan fingerprint density at radius 2 is 2.10 bits per heavy atom. The SMILES string of the molecule is CC(C)C(SCc1nc2ccccc2[nH]c1=O)C(=O)O. The van der Waals surface area contributed by atoms with Crippen LogP contribution in [0.25, 0.3) is 11.0 Å². The number of carboxylic acid groups (broad SMARTS) is 1. The molecule has 2 aromatic rings. The zero-order valence-electron chi connectivity index (χ0n) is 11.3. The van der Waals surface area contributed by atoms with Crippen LogP contribution in [0.3, 0.4) is 0 Å². The Balaban J connectivity index is 2.23. The normalized spacial score (nSPS) is 12.8. The summed E-state index contributed by atoms with van der Waals surface area (Å²) in [6.07, 6.45) is 0. The molecule has 2 N–H and O–H groups in total. The number of carboxylic acids is 1. The van der Waals surface area contributed by atoms with Gasteiger partial charge in [0, 0.05) is 5.75 Å². The second-order valence-electron chi connectivity index (χ2n) is 4.84. The minimum atomic E-state index is -0.859. The van der Waals surface area contributed by atoms with Gasteiger partial charge in [0.1, 0.15) is 10.9 Å². The number of thioether (sulfide) groups is 1. The molecular formula is C14H16N2O3S. The number of hydrogen-bond acceptors (Lipinski definition) is 4. The van der Waals surface area contributed by atoms with Crippen molar-refractivity contribution in [1.29, 1.82) is 0 Å². The van der Waals surface area contributed by atoms with Crippen molar-refractivity contribution in [3.63, 3.8) is 0 Å². The first kappa shape index (κ1) is 14.6. The van der Waals surface area contributed by atoms with E-state index in [0.29, 0.717) is 16.7 Å². The molecule has 0 aliphatic rings. The van der Waals surface area contributed by atoms with E-state index in [1.54, 1.807) is 6.07 Å². The molecule has 5 nitrogen and oxygen atoms in total. The van der Waals surface area contributed by atoms with Crippen molar-refractivity contribution in [2.24, 2.45) is 5.92 Å². The highest BCUT2D eigenvalue weighted by Gasteiger charge is 2.22. The molecule has 0 fully saturated rings. The lowest BCUT2D eigenvalue weighted by Gasteiger charge is -2.15. The van der Waals surface area contributed by atoms with Crippen LogP contribution in [0.5, 0.6) is 0 Å². The van der Waals surface area contributed by atoms with Gasteiger partial charge in [0.2, 0.25) is 0 Å². The van der Waals surface area contributed by atoms with E-state index in [0.717, 1.165) is 0 Å². The summed E-state index contributed by atoms with van der Waals surface area (Å²) in [6, 6.07) is 7.28. The Labute approximate surface area is 120 Å². The third-order valence-corrected chi connectivity index (χ3v) is 4.46. The Morgan fingerprint density at radius 1 is 1.40 bits per heavy atom. The molecule has 0 spiro atoms. The average molecular weight is 292 g/mol. The number of nitrogens with zero attached hydrogens (tertiary/aromatic N) is 1. The Kier molecular flexibility index (Phi) is 4.44. The zero-order valence-corrected chi connectivity index (χ0v) is 12.1. The molecule has 1 unspecified atom stereocenters. The van der Waals surface area contributed by atoms with Crippen LogP contribution in [0.2, 0.25) is 0 Å². The van der Waals surface area contributed by atoms with Gasteiger partial charge in [0.05, 0.1) is 11.0 Å². The van der Waals surface area contributed by atoms with E-state index in [1.807, 2.05) is 32.0 Å². The molecule has 20 heavy (non-hydrogen) atoms. The van der Waals surface area contributed by atoms with Crippen LogP contribution in [-0.2, 0) is 10.5 Å². The predicted octanol–water partition coefficient (Wildman–Crippen LogP) is 2.27. The van der Waals surface area contributed by atoms with Crippen molar-refractivity contribution < 1.29 is 9.90 Å². The first-order chi connectivity index (χ1) is 9.49. The van der Waals surface area contributed by atoms with Gasteiger partial charge >= 0.3 is 5.97 Å². The van der Waals surface area contributed by atoms with Gasteiger partial charge in [-0.25, -0.2) is 4.98 Å². The van der Waals surface area contributed by atoms with E-state index >= 15 is 0 Å². The maximum atomic E-state index is 11.9. The number of benzene rings is 1. The number of carbonyl (C=O) groups is 1. The van der Waals surface area contributed by atoms with Crippen LogP contribution >= 0.6 is 11.8 Å². The third kappa shape index (κ3) is 3.19. The summed E-state index contributed by atoms with van der Waals surface area (Å²) < 4.78 is 0. The molecule has 0 aliphatic carbocycles. The molecule has 1 heterocycles. The molecule has 0 bridgehead atoms. The van der Waals surface area contributed by atoms with Crippen molar-refractivity contribution in [2.75, 3.05) is 0 Å².